The molecule has 0 amide bonds. The van der Waals surface area contributed by atoms with Gasteiger partial charge >= 0.3 is 0 Å². The zero-order valence-corrected chi connectivity index (χ0v) is 12.6. The van der Waals surface area contributed by atoms with E-state index in [-0.39, 0.29) is 0 Å². The number of benzene rings is 2. The van der Waals surface area contributed by atoms with Gasteiger partial charge in [0.2, 0.25) is 0 Å². The highest BCUT2D eigenvalue weighted by Gasteiger charge is 2.12. The van der Waals surface area contributed by atoms with Crippen LogP contribution in [0.15, 0.2) is 30.3 Å². The summed E-state index contributed by atoms with van der Waals surface area (Å²) in [5.41, 5.74) is 2.78. The van der Waals surface area contributed by atoms with Gasteiger partial charge in [-0.25, -0.2) is 0 Å². The first kappa shape index (κ1) is 14.0. The average Bonchev–Trinajstić information content (AvgIpc) is 2.33. The van der Waals surface area contributed by atoms with Crippen molar-refractivity contribution in [1.82, 2.24) is 0 Å². The zero-order valence-electron chi connectivity index (χ0n) is 9.61. The molecule has 0 fully saturated rings. The van der Waals surface area contributed by atoms with Crippen LogP contribution in [0, 0.1) is 6.92 Å². The molecule has 0 aliphatic carbocycles. The maximum absolute atomic E-state index is 6.21. The summed E-state index contributed by atoms with van der Waals surface area (Å²) in [6.07, 6.45) is 0.573. The lowest BCUT2D eigenvalue weighted by molar-refractivity contribution is 1.16. The molecule has 0 saturated carbocycles. The standard InChI is InChI=1S/C14H10Cl4/c1-8-9(14(18)6-5-11(8)15)7-10-12(16)3-2-4-13(10)17/h2-6H,7H2,1H3. The van der Waals surface area contributed by atoms with E-state index in [1.54, 1.807) is 12.1 Å². The fraction of sp³-hybridized carbons (Fsp3) is 0.143. The Morgan fingerprint density at radius 2 is 1.22 bits per heavy atom. The van der Waals surface area contributed by atoms with Gasteiger partial charge < -0.3 is 0 Å². The van der Waals surface area contributed by atoms with Gasteiger partial charge in [-0.15, -0.1) is 0 Å². The van der Waals surface area contributed by atoms with Gasteiger partial charge in [0.15, 0.2) is 0 Å². The van der Waals surface area contributed by atoms with Gasteiger partial charge in [-0.1, -0.05) is 52.5 Å². The van der Waals surface area contributed by atoms with Crippen molar-refractivity contribution in [2.24, 2.45) is 0 Å². The van der Waals surface area contributed by atoms with E-state index in [1.807, 2.05) is 25.1 Å². The van der Waals surface area contributed by atoms with E-state index in [4.69, 9.17) is 46.4 Å². The van der Waals surface area contributed by atoms with Crippen LogP contribution in [-0.2, 0) is 6.42 Å². The van der Waals surface area contributed by atoms with Crippen molar-refractivity contribution < 1.29 is 0 Å². The second-order valence-electron chi connectivity index (χ2n) is 4.01. The summed E-state index contributed by atoms with van der Waals surface area (Å²) in [6.45, 7) is 1.94. The molecule has 2 rings (SSSR count). The molecule has 0 radical (unpaired) electrons. The predicted molar refractivity (Wildman–Crippen MR) is 80.5 cm³/mol. The minimum absolute atomic E-state index is 0.573. The van der Waals surface area contributed by atoms with E-state index < -0.39 is 0 Å². The van der Waals surface area contributed by atoms with Crippen LogP contribution in [0.25, 0.3) is 0 Å². The van der Waals surface area contributed by atoms with Crippen LogP contribution in [0.2, 0.25) is 20.1 Å². The number of halogens is 4. The maximum Gasteiger partial charge on any atom is 0.0456 e. The van der Waals surface area contributed by atoms with Crippen molar-refractivity contribution in [3.05, 3.63) is 67.1 Å². The molecule has 4 heteroatoms. The summed E-state index contributed by atoms with van der Waals surface area (Å²) in [5, 5.41) is 2.64. The van der Waals surface area contributed by atoms with Crippen molar-refractivity contribution in [1.29, 1.82) is 0 Å². The molecule has 18 heavy (non-hydrogen) atoms. The summed E-state index contributed by atoms with van der Waals surface area (Å²) in [5.74, 6) is 0. The largest absolute Gasteiger partial charge is 0.0840 e. The third-order valence-corrected chi connectivity index (χ3v) is 4.36. The SMILES string of the molecule is Cc1c(Cl)ccc(Cl)c1Cc1c(Cl)cccc1Cl. The van der Waals surface area contributed by atoms with E-state index in [0.717, 1.165) is 16.7 Å². The topological polar surface area (TPSA) is 0 Å². The van der Waals surface area contributed by atoms with E-state index in [1.165, 1.54) is 0 Å². The third kappa shape index (κ3) is 2.78. The highest BCUT2D eigenvalue weighted by Crippen LogP contribution is 2.32. The first-order valence-electron chi connectivity index (χ1n) is 5.37. The van der Waals surface area contributed by atoms with Crippen molar-refractivity contribution in [2.45, 2.75) is 13.3 Å². The van der Waals surface area contributed by atoms with Crippen molar-refractivity contribution in [3.63, 3.8) is 0 Å². The smallest absolute Gasteiger partial charge is 0.0456 e. The summed E-state index contributed by atoms with van der Waals surface area (Å²) < 4.78 is 0. The predicted octanol–water partition coefficient (Wildman–Crippen LogP) is 6.20. The number of hydrogen-bond acceptors (Lipinski definition) is 0. The Bertz CT molecular complexity index is 570. The van der Waals surface area contributed by atoms with Crippen LogP contribution in [0.3, 0.4) is 0 Å². The Labute approximate surface area is 126 Å². The molecule has 0 nitrogen and oxygen atoms in total. The summed E-state index contributed by atoms with van der Waals surface area (Å²) >= 11 is 24.6. The van der Waals surface area contributed by atoms with E-state index in [0.29, 0.717) is 26.5 Å². The van der Waals surface area contributed by atoms with Crippen molar-refractivity contribution in [2.75, 3.05) is 0 Å². The van der Waals surface area contributed by atoms with Crippen LogP contribution >= 0.6 is 46.4 Å². The second kappa shape index (κ2) is 5.71. The molecule has 94 valence electrons. The van der Waals surface area contributed by atoms with Gasteiger partial charge in [-0.05, 0) is 47.9 Å². The quantitative estimate of drug-likeness (QED) is 0.618. The molecule has 0 aliphatic rings. The van der Waals surface area contributed by atoms with Crippen LogP contribution in [0.4, 0.5) is 0 Å². The van der Waals surface area contributed by atoms with Gasteiger partial charge in [-0.3, -0.25) is 0 Å². The summed E-state index contributed by atoms with van der Waals surface area (Å²) in [4.78, 5) is 0. The molecular weight excluding hydrogens is 310 g/mol. The van der Waals surface area contributed by atoms with E-state index in [2.05, 4.69) is 0 Å². The molecule has 0 heterocycles. The fourth-order valence-corrected chi connectivity index (χ4v) is 2.77. The lowest BCUT2D eigenvalue weighted by Gasteiger charge is -2.12. The lowest BCUT2D eigenvalue weighted by atomic mass is 10.0. The zero-order chi connectivity index (χ0) is 13.3. The molecule has 0 spiro atoms. The molecule has 2 aromatic rings. The molecule has 0 atom stereocenters. The normalized spacial score (nSPS) is 10.7. The average molecular weight is 320 g/mol. The van der Waals surface area contributed by atoms with Crippen LogP contribution in [0.1, 0.15) is 16.7 Å². The van der Waals surface area contributed by atoms with E-state index in [9.17, 15) is 0 Å². The van der Waals surface area contributed by atoms with Gasteiger partial charge in [-0.2, -0.15) is 0 Å². The molecule has 0 aliphatic heterocycles. The number of rotatable bonds is 2. The van der Waals surface area contributed by atoms with Crippen LogP contribution in [-0.4, -0.2) is 0 Å². The Kier molecular flexibility index (Phi) is 4.45. The first-order chi connectivity index (χ1) is 8.50. The van der Waals surface area contributed by atoms with Gasteiger partial charge in [0.1, 0.15) is 0 Å². The van der Waals surface area contributed by atoms with Crippen molar-refractivity contribution >= 4 is 46.4 Å². The fourth-order valence-electron chi connectivity index (χ4n) is 1.79. The van der Waals surface area contributed by atoms with Gasteiger partial charge in [0.25, 0.3) is 0 Å². The molecule has 2 aromatic carbocycles. The molecule has 0 aromatic heterocycles. The Hall–Kier alpha value is -0.400. The highest BCUT2D eigenvalue weighted by atomic mass is 35.5. The number of hydrogen-bond donors (Lipinski definition) is 0. The Balaban J connectivity index is 2.50. The highest BCUT2D eigenvalue weighted by molar-refractivity contribution is 6.36. The molecule has 0 bridgehead atoms. The minimum atomic E-state index is 0.573. The lowest BCUT2D eigenvalue weighted by Crippen LogP contribution is -1.96. The second-order valence-corrected chi connectivity index (χ2v) is 5.64. The summed E-state index contributed by atoms with van der Waals surface area (Å²) in [6, 6.07) is 9.03. The van der Waals surface area contributed by atoms with Gasteiger partial charge in [0, 0.05) is 26.5 Å². The Morgan fingerprint density at radius 1 is 0.722 bits per heavy atom. The summed E-state index contributed by atoms with van der Waals surface area (Å²) in [7, 11) is 0. The molecular formula is C14H10Cl4. The maximum atomic E-state index is 6.21. The third-order valence-electron chi connectivity index (χ3n) is 2.89. The monoisotopic (exact) mass is 318 g/mol. The molecule has 0 N–H and O–H groups in total. The van der Waals surface area contributed by atoms with Crippen LogP contribution in [0.5, 0.6) is 0 Å². The van der Waals surface area contributed by atoms with Crippen molar-refractivity contribution in [3.8, 4) is 0 Å². The molecule has 0 unspecified atom stereocenters. The van der Waals surface area contributed by atoms with Gasteiger partial charge in [0.05, 0.1) is 0 Å². The molecule has 0 saturated heterocycles. The first-order valence-corrected chi connectivity index (χ1v) is 6.88. The Morgan fingerprint density at radius 3 is 1.83 bits per heavy atom. The minimum Gasteiger partial charge on any atom is -0.0840 e. The van der Waals surface area contributed by atoms with Crippen LogP contribution < -0.4 is 0 Å². The van der Waals surface area contributed by atoms with E-state index >= 15 is 0 Å².